The molecule has 0 aromatic rings. The Morgan fingerprint density at radius 3 is 0.800 bits per heavy atom. The van der Waals surface area contributed by atoms with Crippen molar-refractivity contribution in [3.63, 3.8) is 0 Å². The summed E-state index contributed by atoms with van der Waals surface area (Å²) in [6.45, 7) is 12.7. The van der Waals surface area contributed by atoms with Crippen molar-refractivity contribution in [1.29, 1.82) is 0 Å². The molecule has 0 saturated heterocycles. The first kappa shape index (κ1) is 22.8. The summed E-state index contributed by atoms with van der Waals surface area (Å²) in [5, 5.41) is 0.670. The zero-order chi connectivity index (χ0) is 13.1. The molecular formula is C8H20Cl4P2Pd. The van der Waals surface area contributed by atoms with Gasteiger partial charge in [0.25, 0.3) is 0 Å². The van der Waals surface area contributed by atoms with Crippen LogP contribution in [0.2, 0.25) is 0 Å². The molecule has 0 fully saturated rings. The number of rotatable bonds is 0. The fourth-order valence-corrected chi connectivity index (χ4v) is 0. The molecule has 2 unspecified atom stereocenters. The van der Waals surface area contributed by atoms with E-state index in [2.05, 4.69) is 41.5 Å². The molecule has 0 aromatic heterocycles. The third-order valence-electron chi connectivity index (χ3n) is 0.567. The number of hydrogen-bond acceptors (Lipinski definition) is 0. The maximum atomic E-state index is 5.51. The molecule has 0 heterocycles. The average Bonchev–Trinajstić information content (AvgIpc) is 2.04. The van der Waals surface area contributed by atoms with Crippen molar-refractivity contribution in [2.45, 2.75) is 51.9 Å². The number of halogens is 4. The first-order valence-corrected chi connectivity index (χ1v) is 12.1. The molecular weight excluding hydrogens is 406 g/mol. The van der Waals surface area contributed by atoms with Gasteiger partial charge in [0.2, 0.25) is 0 Å². The summed E-state index contributed by atoms with van der Waals surface area (Å²) in [4.78, 5) is 0. The van der Waals surface area contributed by atoms with Crippen molar-refractivity contribution in [1.82, 2.24) is 0 Å². The van der Waals surface area contributed by atoms with E-state index in [1.807, 2.05) is 0 Å². The molecule has 0 aliphatic heterocycles. The molecule has 0 saturated carbocycles. The van der Waals surface area contributed by atoms with Crippen molar-refractivity contribution >= 4 is 57.4 Å². The molecule has 0 rings (SSSR count). The third-order valence-corrected chi connectivity index (χ3v) is 5.10. The fourth-order valence-electron chi connectivity index (χ4n) is 0. The molecule has 0 bridgehead atoms. The van der Waals surface area contributed by atoms with Crippen molar-refractivity contribution in [2.24, 2.45) is 0 Å². The molecule has 100 valence electrons. The van der Waals surface area contributed by atoms with Crippen LogP contribution < -0.4 is 0 Å². The molecule has 0 spiro atoms. The second kappa shape index (κ2) is 13.1. The first-order valence-electron chi connectivity index (χ1n) is 4.12. The van der Waals surface area contributed by atoms with Crippen LogP contribution in [0.4, 0.5) is 0 Å². The molecule has 0 nitrogen and oxygen atoms in total. The summed E-state index contributed by atoms with van der Waals surface area (Å²) in [6, 6.07) is 0. The van der Waals surface area contributed by atoms with Gasteiger partial charge in [-0.2, -0.15) is 0 Å². The van der Waals surface area contributed by atoms with Crippen LogP contribution in [0.5, 0.6) is 0 Å². The minimum atomic E-state index is -0.106. The van der Waals surface area contributed by atoms with Gasteiger partial charge in [0.1, 0.15) is 0 Å². The van der Waals surface area contributed by atoms with Crippen LogP contribution in [0, 0.1) is 0 Å². The van der Waals surface area contributed by atoms with Gasteiger partial charge in [0, 0.05) is 0 Å². The van der Waals surface area contributed by atoms with E-state index >= 15 is 0 Å². The molecule has 15 heavy (non-hydrogen) atoms. The Balaban J connectivity index is -0.000000153. The van der Waals surface area contributed by atoms with E-state index in [1.165, 1.54) is 0 Å². The topological polar surface area (TPSA) is 0 Å². The fraction of sp³-hybridized carbons (Fsp3) is 1.00. The Morgan fingerprint density at radius 1 is 0.733 bits per heavy atom. The predicted octanol–water partition coefficient (Wildman–Crippen LogP) is 6.61. The van der Waals surface area contributed by atoms with Crippen LogP contribution in [0.1, 0.15) is 41.5 Å². The zero-order valence-electron chi connectivity index (χ0n) is 9.83. The van der Waals surface area contributed by atoms with Gasteiger partial charge in [-0.15, -0.1) is 0 Å². The average molecular weight is 426 g/mol. The summed E-state index contributed by atoms with van der Waals surface area (Å²) in [5.41, 5.74) is 0. The predicted molar refractivity (Wildman–Crippen MR) is 79.5 cm³/mol. The molecule has 0 N–H and O–H groups in total. The van der Waals surface area contributed by atoms with Crippen LogP contribution in [0.25, 0.3) is 0 Å². The van der Waals surface area contributed by atoms with Crippen molar-refractivity contribution in [3.8, 4) is 0 Å². The van der Waals surface area contributed by atoms with E-state index in [1.54, 1.807) is 0 Å². The third kappa shape index (κ3) is 47.7. The second-order valence-electron chi connectivity index (χ2n) is 4.73. The molecule has 2 atom stereocenters. The van der Waals surface area contributed by atoms with Crippen LogP contribution in [-0.4, -0.2) is 10.3 Å². The van der Waals surface area contributed by atoms with Crippen LogP contribution in [-0.2, 0) is 15.9 Å². The minimum absolute atomic E-state index is 0.106. The molecule has 0 aliphatic rings. The van der Waals surface area contributed by atoms with Gasteiger partial charge in [-0.1, -0.05) is 64.0 Å². The Bertz CT molecular complexity index is 109. The van der Waals surface area contributed by atoms with Crippen molar-refractivity contribution in [2.75, 3.05) is 0 Å². The van der Waals surface area contributed by atoms with Gasteiger partial charge in [0.05, 0.1) is 0 Å². The summed E-state index contributed by atoms with van der Waals surface area (Å²) in [6.07, 6.45) is 0. The van der Waals surface area contributed by atoms with Gasteiger partial charge in [-0.05, 0) is 26.2 Å². The summed E-state index contributed by atoms with van der Waals surface area (Å²) in [5.74, 6) is 0. The number of hydrogen-bond donors (Lipinski definition) is 0. The maximum absolute atomic E-state index is 5.51. The summed E-state index contributed by atoms with van der Waals surface area (Å²) >= 11 is 10.9. The van der Waals surface area contributed by atoms with E-state index in [9.17, 15) is 0 Å². The van der Waals surface area contributed by atoms with Crippen LogP contribution in [0.15, 0.2) is 0 Å². The Kier molecular flexibility index (Phi) is 20.0. The van der Waals surface area contributed by atoms with Gasteiger partial charge < -0.3 is 0 Å². The monoisotopic (exact) mass is 424 g/mol. The Labute approximate surface area is 124 Å². The standard InChI is InChI=1S/2C4H10ClP.2ClH.Pd/c2*1-4(2,3)6-5;;;/h2*6H,1-3H3;2*1H;/q;;;;+2/p-2. The molecule has 7 heteroatoms. The van der Waals surface area contributed by atoms with E-state index < -0.39 is 0 Å². The van der Waals surface area contributed by atoms with E-state index in [0.717, 1.165) is 0 Å². The van der Waals surface area contributed by atoms with Crippen molar-refractivity contribution < 1.29 is 15.9 Å². The molecule has 0 amide bonds. The van der Waals surface area contributed by atoms with Gasteiger partial charge >= 0.3 is 35.0 Å². The van der Waals surface area contributed by atoms with Gasteiger partial charge in [0.15, 0.2) is 0 Å². The van der Waals surface area contributed by atoms with Crippen LogP contribution >= 0.6 is 57.4 Å². The van der Waals surface area contributed by atoms with E-state index in [4.69, 9.17) is 41.5 Å². The molecule has 0 aromatic carbocycles. The van der Waals surface area contributed by atoms with Gasteiger partial charge in [-0.25, -0.2) is 0 Å². The normalized spacial score (nSPS) is 12.7. The van der Waals surface area contributed by atoms with E-state index in [-0.39, 0.29) is 15.9 Å². The van der Waals surface area contributed by atoms with E-state index in [0.29, 0.717) is 26.2 Å². The Hall–Kier alpha value is 2.68. The Morgan fingerprint density at radius 2 is 0.800 bits per heavy atom. The van der Waals surface area contributed by atoms with Gasteiger partial charge in [-0.3, -0.25) is 0 Å². The summed E-state index contributed by atoms with van der Waals surface area (Å²) in [7, 11) is 10.7. The van der Waals surface area contributed by atoms with Crippen LogP contribution in [0.3, 0.4) is 0 Å². The zero-order valence-corrected chi connectivity index (χ0v) is 16.4. The van der Waals surface area contributed by atoms with Crippen molar-refractivity contribution in [3.05, 3.63) is 0 Å². The second-order valence-corrected chi connectivity index (χ2v) is 11.6. The molecule has 0 aliphatic carbocycles. The molecule has 0 radical (unpaired) electrons. The first-order chi connectivity index (χ1) is 6.54. The SMILES string of the molecule is CC(C)(C)PCl.CC(C)(C)PCl.[Cl][Pd][Cl]. The quantitative estimate of drug-likeness (QED) is 0.302. The summed E-state index contributed by atoms with van der Waals surface area (Å²) < 4.78 is 0.